The summed E-state index contributed by atoms with van der Waals surface area (Å²) >= 11 is 2.04. The number of thioether (sulfide) groups is 1. The molecule has 0 amide bonds. The van der Waals surface area contributed by atoms with Crippen molar-refractivity contribution in [2.75, 3.05) is 24.7 Å². The Morgan fingerprint density at radius 1 is 1.60 bits per heavy atom. The molecule has 0 spiro atoms. The standard InChI is InChI=1S/C11H24N2OS/c1-9(3-2-5-14)13-11(7-12)10-4-6-15-8-10/h9-11,13-14H,2-8,12H2,1H3. The lowest BCUT2D eigenvalue weighted by Crippen LogP contribution is -2.46. The van der Waals surface area contributed by atoms with Crippen LogP contribution in [0.15, 0.2) is 0 Å². The van der Waals surface area contributed by atoms with Crippen LogP contribution in [-0.4, -0.2) is 41.8 Å². The van der Waals surface area contributed by atoms with E-state index in [4.69, 9.17) is 10.8 Å². The molecule has 0 bridgehead atoms. The summed E-state index contributed by atoms with van der Waals surface area (Å²) in [5, 5.41) is 12.4. The molecule has 3 nitrogen and oxygen atoms in total. The second-order valence-electron chi connectivity index (χ2n) is 4.40. The van der Waals surface area contributed by atoms with Crippen molar-refractivity contribution in [3.63, 3.8) is 0 Å². The number of aliphatic hydroxyl groups excluding tert-OH is 1. The highest BCUT2D eigenvalue weighted by molar-refractivity contribution is 7.99. The van der Waals surface area contributed by atoms with Gasteiger partial charge in [-0.15, -0.1) is 0 Å². The molecule has 1 aliphatic heterocycles. The molecule has 3 unspecified atom stereocenters. The van der Waals surface area contributed by atoms with Gasteiger partial charge in [0, 0.05) is 25.2 Å². The zero-order valence-corrected chi connectivity index (χ0v) is 10.4. The van der Waals surface area contributed by atoms with Crippen molar-refractivity contribution in [3.8, 4) is 0 Å². The largest absolute Gasteiger partial charge is 0.396 e. The van der Waals surface area contributed by atoms with Crippen molar-refractivity contribution >= 4 is 11.8 Å². The second-order valence-corrected chi connectivity index (χ2v) is 5.55. The Bertz CT molecular complexity index is 163. The lowest BCUT2D eigenvalue weighted by molar-refractivity contribution is 0.268. The molecule has 90 valence electrons. The lowest BCUT2D eigenvalue weighted by Gasteiger charge is -2.26. The van der Waals surface area contributed by atoms with E-state index in [1.54, 1.807) is 0 Å². The van der Waals surface area contributed by atoms with E-state index in [0.29, 0.717) is 18.7 Å². The normalized spacial score (nSPS) is 25.4. The summed E-state index contributed by atoms with van der Waals surface area (Å²) < 4.78 is 0. The Hall–Kier alpha value is 0.230. The van der Waals surface area contributed by atoms with Gasteiger partial charge in [0.25, 0.3) is 0 Å². The van der Waals surface area contributed by atoms with Crippen molar-refractivity contribution in [2.45, 2.75) is 38.3 Å². The van der Waals surface area contributed by atoms with Crippen LogP contribution < -0.4 is 11.1 Å². The summed E-state index contributed by atoms with van der Waals surface area (Å²) in [6.45, 7) is 3.20. The van der Waals surface area contributed by atoms with Gasteiger partial charge in [0.15, 0.2) is 0 Å². The summed E-state index contributed by atoms with van der Waals surface area (Å²) in [4.78, 5) is 0. The molecule has 0 aromatic carbocycles. The van der Waals surface area contributed by atoms with Crippen molar-refractivity contribution in [3.05, 3.63) is 0 Å². The van der Waals surface area contributed by atoms with E-state index in [9.17, 15) is 0 Å². The number of hydrogen-bond acceptors (Lipinski definition) is 4. The summed E-state index contributed by atoms with van der Waals surface area (Å²) in [7, 11) is 0. The van der Waals surface area contributed by atoms with Gasteiger partial charge in [0.1, 0.15) is 0 Å². The Labute approximate surface area is 97.2 Å². The van der Waals surface area contributed by atoms with Crippen LogP contribution in [0, 0.1) is 5.92 Å². The summed E-state index contributed by atoms with van der Waals surface area (Å²) in [5.41, 5.74) is 5.81. The predicted octanol–water partition coefficient (Wildman–Crippen LogP) is 0.817. The zero-order chi connectivity index (χ0) is 11.1. The number of hydrogen-bond donors (Lipinski definition) is 3. The Kier molecular flexibility index (Phi) is 6.64. The highest BCUT2D eigenvalue weighted by atomic mass is 32.2. The third-order valence-corrected chi connectivity index (χ3v) is 4.27. The van der Waals surface area contributed by atoms with Crippen LogP contribution in [0.3, 0.4) is 0 Å². The molecule has 4 N–H and O–H groups in total. The van der Waals surface area contributed by atoms with E-state index >= 15 is 0 Å². The van der Waals surface area contributed by atoms with Gasteiger partial charge >= 0.3 is 0 Å². The van der Waals surface area contributed by atoms with Gasteiger partial charge in [-0.2, -0.15) is 11.8 Å². The fourth-order valence-electron chi connectivity index (χ4n) is 2.11. The minimum absolute atomic E-state index is 0.290. The average molecular weight is 232 g/mol. The van der Waals surface area contributed by atoms with Crippen LogP contribution in [0.1, 0.15) is 26.2 Å². The van der Waals surface area contributed by atoms with Gasteiger partial charge in [0.05, 0.1) is 0 Å². The minimum Gasteiger partial charge on any atom is -0.396 e. The van der Waals surface area contributed by atoms with Crippen molar-refractivity contribution in [2.24, 2.45) is 11.7 Å². The smallest absolute Gasteiger partial charge is 0.0431 e. The third-order valence-electron chi connectivity index (χ3n) is 3.08. The van der Waals surface area contributed by atoms with Gasteiger partial charge in [-0.05, 0) is 43.6 Å². The molecule has 1 saturated heterocycles. The van der Waals surface area contributed by atoms with Crippen LogP contribution in [0.5, 0.6) is 0 Å². The topological polar surface area (TPSA) is 58.3 Å². The van der Waals surface area contributed by atoms with Gasteiger partial charge in [0.2, 0.25) is 0 Å². The van der Waals surface area contributed by atoms with Crippen molar-refractivity contribution in [1.29, 1.82) is 0 Å². The molecule has 1 aliphatic rings. The molecule has 0 radical (unpaired) electrons. The van der Waals surface area contributed by atoms with E-state index in [2.05, 4.69) is 12.2 Å². The Morgan fingerprint density at radius 2 is 2.40 bits per heavy atom. The molecular formula is C11H24N2OS. The van der Waals surface area contributed by atoms with E-state index in [0.717, 1.165) is 25.3 Å². The minimum atomic E-state index is 0.290. The summed E-state index contributed by atoms with van der Waals surface area (Å²) in [6.07, 6.45) is 3.21. The summed E-state index contributed by atoms with van der Waals surface area (Å²) in [5.74, 6) is 3.28. The number of aliphatic hydroxyl groups is 1. The quantitative estimate of drug-likeness (QED) is 0.608. The highest BCUT2D eigenvalue weighted by Crippen LogP contribution is 2.26. The maximum atomic E-state index is 8.76. The molecule has 1 heterocycles. The number of nitrogens with two attached hydrogens (primary N) is 1. The van der Waals surface area contributed by atoms with Crippen LogP contribution in [0.2, 0.25) is 0 Å². The van der Waals surface area contributed by atoms with E-state index in [1.807, 2.05) is 11.8 Å². The molecule has 0 aromatic rings. The molecule has 4 heteroatoms. The first-order chi connectivity index (χ1) is 7.27. The number of rotatable bonds is 7. The second kappa shape index (κ2) is 7.49. The Morgan fingerprint density at radius 3 is 2.93 bits per heavy atom. The first-order valence-corrected chi connectivity index (χ1v) is 7.08. The van der Waals surface area contributed by atoms with Gasteiger partial charge in [-0.1, -0.05) is 0 Å². The monoisotopic (exact) mass is 232 g/mol. The highest BCUT2D eigenvalue weighted by Gasteiger charge is 2.24. The first-order valence-electron chi connectivity index (χ1n) is 5.92. The van der Waals surface area contributed by atoms with Crippen LogP contribution in [0.25, 0.3) is 0 Å². The number of nitrogens with one attached hydrogen (secondary N) is 1. The van der Waals surface area contributed by atoms with Crippen molar-refractivity contribution < 1.29 is 5.11 Å². The molecule has 1 fully saturated rings. The maximum Gasteiger partial charge on any atom is 0.0431 e. The maximum absolute atomic E-state index is 8.76. The van der Waals surface area contributed by atoms with Crippen LogP contribution in [-0.2, 0) is 0 Å². The SMILES string of the molecule is CC(CCCO)NC(CN)C1CCSC1. The molecule has 0 saturated carbocycles. The predicted molar refractivity (Wildman–Crippen MR) is 67.2 cm³/mol. The molecule has 0 aromatic heterocycles. The molecule has 0 aliphatic carbocycles. The van der Waals surface area contributed by atoms with Gasteiger partial charge in [-0.25, -0.2) is 0 Å². The zero-order valence-electron chi connectivity index (χ0n) is 9.61. The first kappa shape index (κ1) is 13.3. The fraction of sp³-hybridized carbons (Fsp3) is 1.00. The van der Waals surface area contributed by atoms with Crippen molar-refractivity contribution in [1.82, 2.24) is 5.32 Å². The molecule has 3 atom stereocenters. The molecular weight excluding hydrogens is 208 g/mol. The molecule has 15 heavy (non-hydrogen) atoms. The lowest BCUT2D eigenvalue weighted by atomic mass is 9.98. The molecule has 1 rings (SSSR count). The average Bonchev–Trinajstić information content (AvgIpc) is 2.76. The summed E-state index contributed by atoms with van der Waals surface area (Å²) in [6, 6.07) is 0.935. The van der Waals surface area contributed by atoms with E-state index < -0.39 is 0 Å². The van der Waals surface area contributed by atoms with Gasteiger partial charge in [-0.3, -0.25) is 0 Å². The van der Waals surface area contributed by atoms with Gasteiger partial charge < -0.3 is 16.2 Å². The van der Waals surface area contributed by atoms with E-state index in [1.165, 1.54) is 17.9 Å². The van der Waals surface area contributed by atoms with Crippen LogP contribution >= 0.6 is 11.8 Å². The third kappa shape index (κ3) is 4.72. The Balaban J connectivity index is 2.25. The van der Waals surface area contributed by atoms with Crippen LogP contribution in [0.4, 0.5) is 0 Å². The van der Waals surface area contributed by atoms with E-state index in [-0.39, 0.29) is 0 Å². The fourth-order valence-corrected chi connectivity index (χ4v) is 3.45.